The highest BCUT2D eigenvalue weighted by Crippen LogP contribution is 2.24. The number of hydrogen-bond donors (Lipinski definition) is 1. The maximum atomic E-state index is 13.5. The molecule has 2 aromatic rings. The Hall–Kier alpha value is -1.07. The minimum atomic E-state index is -0.278. The van der Waals surface area contributed by atoms with Gasteiger partial charge in [-0.05, 0) is 45.1 Å². The van der Waals surface area contributed by atoms with Gasteiger partial charge in [0.2, 0.25) is 0 Å². The van der Waals surface area contributed by atoms with Crippen LogP contribution in [-0.4, -0.2) is 7.11 Å². The van der Waals surface area contributed by atoms with Crippen LogP contribution < -0.4 is 10.1 Å². The van der Waals surface area contributed by atoms with Gasteiger partial charge in [0.1, 0.15) is 11.6 Å². The van der Waals surface area contributed by atoms with Gasteiger partial charge in [-0.25, -0.2) is 4.39 Å². The summed E-state index contributed by atoms with van der Waals surface area (Å²) in [5.74, 6) is 0.362. The van der Waals surface area contributed by atoms with Crippen LogP contribution in [0.15, 0.2) is 33.4 Å². The van der Waals surface area contributed by atoms with Crippen LogP contribution >= 0.6 is 27.3 Å². The van der Waals surface area contributed by atoms with Crippen molar-refractivity contribution in [1.82, 2.24) is 0 Å². The van der Waals surface area contributed by atoms with Gasteiger partial charge in [-0.2, -0.15) is 0 Å². The Labute approximate surface area is 112 Å². The molecule has 0 saturated carbocycles. The zero-order valence-corrected chi connectivity index (χ0v) is 11.6. The second-order valence-electron chi connectivity index (χ2n) is 3.46. The van der Waals surface area contributed by atoms with E-state index in [-0.39, 0.29) is 5.82 Å². The van der Waals surface area contributed by atoms with Crippen LogP contribution in [0.4, 0.5) is 10.1 Å². The maximum Gasteiger partial charge on any atom is 0.146 e. The standard InChI is InChI=1S/C12H11BrFNOS/c1-16-9-2-3-10(14)11(5-9)15-6-8-4-12(13)17-7-8/h2-5,7,15H,6H2,1H3. The summed E-state index contributed by atoms with van der Waals surface area (Å²) >= 11 is 5.00. The van der Waals surface area contributed by atoms with E-state index in [2.05, 4.69) is 21.2 Å². The Bertz CT molecular complexity index is 515. The largest absolute Gasteiger partial charge is 0.497 e. The van der Waals surface area contributed by atoms with E-state index in [9.17, 15) is 4.39 Å². The molecule has 0 bridgehead atoms. The molecular formula is C12H11BrFNOS. The first-order valence-electron chi connectivity index (χ1n) is 4.99. The molecule has 2 nitrogen and oxygen atoms in total. The minimum absolute atomic E-state index is 0.278. The van der Waals surface area contributed by atoms with E-state index in [1.165, 1.54) is 6.07 Å². The Morgan fingerprint density at radius 3 is 2.88 bits per heavy atom. The monoisotopic (exact) mass is 315 g/mol. The number of ether oxygens (including phenoxy) is 1. The normalized spacial score (nSPS) is 10.3. The number of methoxy groups -OCH3 is 1. The smallest absolute Gasteiger partial charge is 0.146 e. The second kappa shape index (κ2) is 5.51. The predicted molar refractivity (Wildman–Crippen MR) is 72.3 cm³/mol. The molecule has 0 atom stereocenters. The zero-order valence-electron chi connectivity index (χ0n) is 9.17. The molecule has 17 heavy (non-hydrogen) atoms. The highest BCUT2D eigenvalue weighted by atomic mass is 79.9. The summed E-state index contributed by atoms with van der Waals surface area (Å²) < 4.78 is 19.6. The third-order valence-corrected chi connectivity index (χ3v) is 3.83. The van der Waals surface area contributed by atoms with Gasteiger partial charge in [0.25, 0.3) is 0 Å². The number of hydrogen-bond acceptors (Lipinski definition) is 3. The van der Waals surface area contributed by atoms with Gasteiger partial charge in [-0.15, -0.1) is 11.3 Å². The third-order valence-electron chi connectivity index (χ3n) is 2.28. The van der Waals surface area contributed by atoms with Crippen molar-refractivity contribution in [1.29, 1.82) is 0 Å². The Balaban J connectivity index is 2.07. The van der Waals surface area contributed by atoms with Crippen LogP contribution in [0.1, 0.15) is 5.56 Å². The number of benzene rings is 1. The molecule has 0 amide bonds. The summed E-state index contributed by atoms with van der Waals surface area (Å²) in [6.07, 6.45) is 0. The Kier molecular flexibility index (Phi) is 4.02. The summed E-state index contributed by atoms with van der Waals surface area (Å²) in [5, 5.41) is 5.07. The minimum Gasteiger partial charge on any atom is -0.497 e. The highest BCUT2D eigenvalue weighted by Gasteiger charge is 2.04. The van der Waals surface area contributed by atoms with Crippen molar-refractivity contribution < 1.29 is 9.13 Å². The maximum absolute atomic E-state index is 13.5. The van der Waals surface area contributed by atoms with Gasteiger partial charge in [-0.1, -0.05) is 0 Å². The van der Waals surface area contributed by atoms with E-state index in [1.807, 2.05) is 11.4 Å². The number of halogens is 2. The van der Waals surface area contributed by atoms with Crippen molar-refractivity contribution >= 4 is 33.0 Å². The summed E-state index contributed by atoms with van der Waals surface area (Å²) in [6, 6.07) is 6.65. The van der Waals surface area contributed by atoms with Gasteiger partial charge in [0.05, 0.1) is 16.6 Å². The van der Waals surface area contributed by atoms with Crippen molar-refractivity contribution in [3.05, 3.63) is 44.8 Å². The average Bonchev–Trinajstić information content (AvgIpc) is 2.74. The molecule has 90 valence electrons. The van der Waals surface area contributed by atoms with Crippen LogP contribution in [0.2, 0.25) is 0 Å². The fourth-order valence-corrected chi connectivity index (χ4v) is 2.61. The topological polar surface area (TPSA) is 21.3 Å². The van der Waals surface area contributed by atoms with Crippen LogP contribution in [0.3, 0.4) is 0 Å². The lowest BCUT2D eigenvalue weighted by molar-refractivity contribution is 0.414. The first kappa shape index (κ1) is 12.4. The lowest BCUT2D eigenvalue weighted by Gasteiger charge is -2.08. The molecule has 2 rings (SSSR count). The lowest BCUT2D eigenvalue weighted by atomic mass is 10.2. The predicted octanol–water partition coefficient (Wildman–Crippen LogP) is 4.27. The molecule has 1 N–H and O–H groups in total. The Morgan fingerprint density at radius 2 is 2.24 bits per heavy atom. The van der Waals surface area contributed by atoms with Gasteiger partial charge in [0, 0.05) is 12.6 Å². The molecule has 0 aliphatic carbocycles. The molecule has 1 aromatic heterocycles. The molecule has 1 aromatic carbocycles. The van der Waals surface area contributed by atoms with Gasteiger partial charge in [0.15, 0.2) is 0 Å². The zero-order chi connectivity index (χ0) is 12.3. The van der Waals surface area contributed by atoms with Crippen molar-refractivity contribution in [2.24, 2.45) is 0 Å². The fourth-order valence-electron chi connectivity index (χ4n) is 1.40. The number of rotatable bonds is 4. The van der Waals surface area contributed by atoms with Gasteiger partial charge >= 0.3 is 0 Å². The number of nitrogens with one attached hydrogen (secondary N) is 1. The van der Waals surface area contributed by atoms with Crippen LogP contribution in [0.25, 0.3) is 0 Å². The van der Waals surface area contributed by atoms with E-state index in [0.29, 0.717) is 18.0 Å². The lowest BCUT2D eigenvalue weighted by Crippen LogP contribution is -2.00. The summed E-state index contributed by atoms with van der Waals surface area (Å²) in [5.41, 5.74) is 1.57. The molecular weight excluding hydrogens is 305 g/mol. The summed E-state index contributed by atoms with van der Waals surface area (Å²) in [6.45, 7) is 0.589. The van der Waals surface area contributed by atoms with Crippen molar-refractivity contribution in [3.8, 4) is 5.75 Å². The van der Waals surface area contributed by atoms with E-state index >= 15 is 0 Å². The van der Waals surface area contributed by atoms with E-state index < -0.39 is 0 Å². The SMILES string of the molecule is COc1ccc(F)c(NCc2csc(Br)c2)c1. The first-order chi connectivity index (χ1) is 8.19. The van der Waals surface area contributed by atoms with E-state index in [4.69, 9.17) is 4.74 Å². The van der Waals surface area contributed by atoms with Crippen molar-refractivity contribution in [2.45, 2.75) is 6.54 Å². The molecule has 0 aliphatic heterocycles. The molecule has 0 radical (unpaired) electrons. The summed E-state index contributed by atoms with van der Waals surface area (Å²) in [4.78, 5) is 0. The molecule has 5 heteroatoms. The molecule has 0 unspecified atom stereocenters. The Morgan fingerprint density at radius 1 is 1.41 bits per heavy atom. The quantitative estimate of drug-likeness (QED) is 0.909. The van der Waals surface area contributed by atoms with Crippen LogP contribution in [0.5, 0.6) is 5.75 Å². The van der Waals surface area contributed by atoms with E-state index in [0.717, 1.165) is 9.35 Å². The fraction of sp³-hybridized carbons (Fsp3) is 0.167. The number of anilines is 1. The molecule has 0 fully saturated rings. The first-order valence-corrected chi connectivity index (χ1v) is 6.66. The molecule has 0 spiro atoms. The highest BCUT2D eigenvalue weighted by molar-refractivity contribution is 9.11. The van der Waals surface area contributed by atoms with Crippen molar-refractivity contribution in [3.63, 3.8) is 0 Å². The molecule has 1 heterocycles. The second-order valence-corrected chi connectivity index (χ2v) is 5.75. The third kappa shape index (κ3) is 3.20. The molecule has 0 saturated heterocycles. The number of thiophene rings is 1. The average molecular weight is 316 g/mol. The van der Waals surface area contributed by atoms with Crippen molar-refractivity contribution in [2.75, 3.05) is 12.4 Å². The van der Waals surface area contributed by atoms with Gasteiger partial charge < -0.3 is 10.1 Å². The van der Waals surface area contributed by atoms with Crippen LogP contribution in [0, 0.1) is 5.82 Å². The summed E-state index contributed by atoms with van der Waals surface area (Å²) in [7, 11) is 1.56. The van der Waals surface area contributed by atoms with E-state index in [1.54, 1.807) is 30.6 Å². The van der Waals surface area contributed by atoms with Crippen LogP contribution in [-0.2, 0) is 6.54 Å². The molecule has 0 aliphatic rings. The van der Waals surface area contributed by atoms with Gasteiger partial charge in [-0.3, -0.25) is 0 Å².